The standard InChI is InChI=1S/C13H14FN3O2/c1-16(2)12(18)8-17-7-9(6-15-17)10-4-3-5-11(14)13(10)19/h3-7,19H,8H2,1-2H3. The second-order valence-corrected chi connectivity index (χ2v) is 4.35. The average molecular weight is 263 g/mol. The molecular formula is C13H14FN3O2. The van der Waals surface area contributed by atoms with Crippen LogP contribution in [0, 0.1) is 5.82 Å². The number of phenolic OH excluding ortho intramolecular Hbond substituents is 1. The van der Waals surface area contributed by atoms with Crippen molar-refractivity contribution in [2.75, 3.05) is 14.1 Å². The van der Waals surface area contributed by atoms with Gasteiger partial charge in [0.05, 0.1) is 6.20 Å². The van der Waals surface area contributed by atoms with Gasteiger partial charge in [-0.05, 0) is 6.07 Å². The van der Waals surface area contributed by atoms with E-state index in [0.29, 0.717) is 11.1 Å². The lowest BCUT2D eigenvalue weighted by Gasteiger charge is -2.09. The van der Waals surface area contributed by atoms with Crippen molar-refractivity contribution < 1.29 is 14.3 Å². The lowest BCUT2D eigenvalue weighted by molar-refractivity contribution is -0.129. The summed E-state index contributed by atoms with van der Waals surface area (Å²) >= 11 is 0. The van der Waals surface area contributed by atoms with E-state index in [2.05, 4.69) is 5.10 Å². The molecule has 0 saturated carbocycles. The lowest BCUT2D eigenvalue weighted by Crippen LogP contribution is -2.26. The van der Waals surface area contributed by atoms with E-state index in [0.717, 1.165) is 0 Å². The van der Waals surface area contributed by atoms with Crippen molar-refractivity contribution in [2.24, 2.45) is 0 Å². The molecular weight excluding hydrogens is 249 g/mol. The maximum atomic E-state index is 13.2. The molecule has 1 heterocycles. The summed E-state index contributed by atoms with van der Waals surface area (Å²) in [5, 5.41) is 13.7. The van der Waals surface area contributed by atoms with Gasteiger partial charge in [0.1, 0.15) is 6.54 Å². The maximum Gasteiger partial charge on any atom is 0.243 e. The van der Waals surface area contributed by atoms with Crippen LogP contribution in [-0.2, 0) is 11.3 Å². The molecule has 0 spiro atoms. The first kappa shape index (κ1) is 13.1. The van der Waals surface area contributed by atoms with Gasteiger partial charge in [-0.2, -0.15) is 5.10 Å². The number of nitrogens with zero attached hydrogens (tertiary/aromatic N) is 3. The topological polar surface area (TPSA) is 58.4 Å². The number of phenols is 1. The second-order valence-electron chi connectivity index (χ2n) is 4.35. The highest BCUT2D eigenvalue weighted by molar-refractivity contribution is 5.75. The molecule has 6 heteroatoms. The molecule has 0 unspecified atom stereocenters. The highest BCUT2D eigenvalue weighted by Crippen LogP contribution is 2.30. The molecule has 1 aromatic heterocycles. The predicted molar refractivity (Wildman–Crippen MR) is 68.0 cm³/mol. The molecule has 0 bridgehead atoms. The zero-order valence-corrected chi connectivity index (χ0v) is 10.7. The highest BCUT2D eigenvalue weighted by Gasteiger charge is 2.12. The Morgan fingerprint density at radius 1 is 1.47 bits per heavy atom. The summed E-state index contributed by atoms with van der Waals surface area (Å²) in [5.74, 6) is -1.20. The molecule has 19 heavy (non-hydrogen) atoms. The molecule has 0 aliphatic carbocycles. The molecule has 0 fully saturated rings. The highest BCUT2D eigenvalue weighted by atomic mass is 19.1. The Hall–Kier alpha value is -2.37. The predicted octanol–water partition coefficient (Wildman–Crippen LogP) is 1.48. The van der Waals surface area contributed by atoms with Crippen molar-refractivity contribution in [1.82, 2.24) is 14.7 Å². The first-order chi connectivity index (χ1) is 8.99. The first-order valence-corrected chi connectivity index (χ1v) is 5.69. The van der Waals surface area contributed by atoms with Crippen LogP contribution < -0.4 is 0 Å². The molecule has 1 amide bonds. The van der Waals surface area contributed by atoms with Gasteiger partial charge >= 0.3 is 0 Å². The Morgan fingerprint density at radius 2 is 2.21 bits per heavy atom. The summed E-state index contributed by atoms with van der Waals surface area (Å²) in [6, 6.07) is 4.28. The summed E-state index contributed by atoms with van der Waals surface area (Å²) in [7, 11) is 3.32. The largest absolute Gasteiger partial charge is 0.504 e. The fourth-order valence-corrected chi connectivity index (χ4v) is 1.62. The summed E-state index contributed by atoms with van der Waals surface area (Å²) in [4.78, 5) is 13.0. The van der Waals surface area contributed by atoms with Crippen LogP contribution in [0.5, 0.6) is 5.75 Å². The van der Waals surface area contributed by atoms with Gasteiger partial charge in [0, 0.05) is 31.4 Å². The van der Waals surface area contributed by atoms with E-state index in [1.165, 1.54) is 27.9 Å². The number of hydrogen-bond acceptors (Lipinski definition) is 3. The number of aromatic nitrogens is 2. The number of rotatable bonds is 3. The average Bonchev–Trinajstić information content (AvgIpc) is 2.81. The summed E-state index contributed by atoms with van der Waals surface area (Å²) < 4.78 is 14.7. The van der Waals surface area contributed by atoms with Gasteiger partial charge in [-0.3, -0.25) is 9.48 Å². The second kappa shape index (κ2) is 5.09. The summed E-state index contributed by atoms with van der Waals surface area (Å²) in [5.41, 5.74) is 0.909. The number of carbonyl (C=O) groups is 1. The van der Waals surface area contributed by atoms with Gasteiger partial charge < -0.3 is 10.0 Å². The third kappa shape index (κ3) is 2.73. The zero-order valence-electron chi connectivity index (χ0n) is 10.7. The zero-order chi connectivity index (χ0) is 14.0. The number of aromatic hydroxyl groups is 1. The van der Waals surface area contributed by atoms with Gasteiger partial charge in [0.15, 0.2) is 11.6 Å². The first-order valence-electron chi connectivity index (χ1n) is 5.69. The van der Waals surface area contributed by atoms with Gasteiger partial charge in [-0.1, -0.05) is 12.1 Å². The number of likely N-dealkylation sites (N-methyl/N-ethyl adjacent to an activating group) is 1. The van der Waals surface area contributed by atoms with E-state index in [4.69, 9.17) is 0 Å². The number of benzene rings is 1. The van der Waals surface area contributed by atoms with E-state index in [-0.39, 0.29) is 12.5 Å². The van der Waals surface area contributed by atoms with Crippen LogP contribution >= 0.6 is 0 Å². The van der Waals surface area contributed by atoms with Gasteiger partial charge in [0.2, 0.25) is 5.91 Å². The molecule has 0 aliphatic rings. The molecule has 1 aromatic carbocycles. The minimum Gasteiger partial charge on any atom is -0.504 e. The van der Waals surface area contributed by atoms with E-state index >= 15 is 0 Å². The summed E-state index contributed by atoms with van der Waals surface area (Å²) in [6.07, 6.45) is 3.08. The van der Waals surface area contributed by atoms with E-state index in [1.807, 2.05) is 0 Å². The quantitative estimate of drug-likeness (QED) is 0.912. The summed E-state index contributed by atoms with van der Waals surface area (Å²) in [6.45, 7) is 0.100. The Labute approximate surface area is 109 Å². The van der Waals surface area contributed by atoms with Crippen LogP contribution in [0.3, 0.4) is 0 Å². The van der Waals surface area contributed by atoms with Crippen LogP contribution in [0.25, 0.3) is 11.1 Å². The third-order valence-electron chi connectivity index (χ3n) is 2.73. The van der Waals surface area contributed by atoms with Crippen LogP contribution in [0.2, 0.25) is 0 Å². The van der Waals surface area contributed by atoms with Gasteiger partial charge in [0.25, 0.3) is 0 Å². The molecule has 1 N–H and O–H groups in total. The van der Waals surface area contributed by atoms with Crippen molar-refractivity contribution >= 4 is 5.91 Å². The molecule has 100 valence electrons. The molecule has 0 aliphatic heterocycles. The smallest absolute Gasteiger partial charge is 0.243 e. The van der Waals surface area contributed by atoms with Crippen LogP contribution in [0.1, 0.15) is 0 Å². The number of hydrogen-bond donors (Lipinski definition) is 1. The lowest BCUT2D eigenvalue weighted by atomic mass is 10.1. The van der Waals surface area contributed by atoms with E-state index in [9.17, 15) is 14.3 Å². The molecule has 2 aromatic rings. The van der Waals surface area contributed by atoms with Crippen LogP contribution in [-0.4, -0.2) is 39.8 Å². The Morgan fingerprint density at radius 3 is 2.89 bits per heavy atom. The number of amides is 1. The molecule has 2 rings (SSSR count). The van der Waals surface area contributed by atoms with Crippen molar-refractivity contribution in [3.8, 4) is 16.9 Å². The van der Waals surface area contributed by atoms with Crippen molar-refractivity contribution in [1.29, 1.82) is 0 Å². The van der Waals surface area contributed by atoms with Crippen LogP contribution in [0.4, 0.5) is 4.39 Å². The molecule has 0 saturated heterocycles. The fourth-order valence-electron chi connectivity index (χ4n) is 1.62. The Balaban J connectivity index is 2.26. The normalized spacial score (nSPS) is 10.5. The van der Waals surface area contributed by atoms with E-state index in [1.54, 1.807) is 26.4 Å². The molecule has 5 nitrogen and oxygen atoms in total. The van der Waals surface area contributed by atoms with Crippen molar-refractivity contribution in [2.45, 2.75) is 6.54 Å². The molecule has 0 radical (unpaired) electrons. The SMILES string of the molecule is CN(C)C(=O)Cn1cc(-c2cccc(F)c2O)cn1. The fraction of sp³-hybridized carbons (Fsp3) is 0.231. The van der Waals surface area contributed by atoms with E-state index < -0.39 is 11.6 Å². The maximum absolute atomic E-state index is 13.2. The van der Waals surface area contributed by atoms with Gasteiger partial charge in [-0.15, -0.1) is 0 Å². The van der Waals surface area contributed by atoms with Crippen molar-refractivity contribution in [3.05, 3.63) is 36.4 Å². The van der Waals surface area contributed by atoms with Gasteiger partial charge in [-0.25, -0.2) is 4.39 Å². The number of carbonyl (C=O) groups excluding carboxylic acids is 1. The minimum absolute atomic E-state index is 0.0990. The molecule has 0 atom stereocenters. The number of para-hydroxylation sites is 1. The monoisotopic (exact) mass is 263 g/mol. The number of halogens is 1. The van der Waals surface area contributed by atoms with Crippen molar-refractivity contribution in [3.63, 3.8) is 0 Å². The Kier molecular flexibility index (Phi) is 3.50. The third-order valence-corrected chi connectivity index (χ3v) is 2.73. The van der Waals surface area contributed by atoms with Crippen LogP contribution in [0.15, 0.2) is 30.6 Å². The minimum atomic E-state index is -0.686. The Bertz CT molecular complexity index is 608.